The fourth-order valence-corrected chi connectivity index (χ4v) is 1.32. The largest absolute Gasteiger partial charge is 0.733 e. The van der Waals surface area contributed by atoms with Crippen LogP contribution in [-0.2, 0) is 0 Å². The molecule has 0 saturated carbocycles. The van der Waals surface area contributed by atoms with Crippen LogP contribution in [0.2, 0.25) is 0 Å². The third kappa shape index (κ3) is 4.96. The van der Waals surface area contributed by atoms with Crippen molar-refractivity contribution in [1.82, 2.24) is 5.32 Å². The van der Waals surface area contributed by atoms with Crippen molar-refractivity contribution >= 4 is 17.4 Å². The number of hydrogen-bond donors (Lipinski definition) is 3. The molecule has 1 aromatic rings. The van der Waals surface area contributed by atoms with E-state index >= 15 is 0 Å². The standard InChI is InChI=1S/C10H8F6N3O3/c11-9(12,13)7(10(14,15)16)18-8(20)17-5-1-3-6(4-2-5)19(21)22/h1-4,7,21H,(H2,17,18,20)/q-1. The summed E-state index contributed by atoms with van der Waals surface area (Å²) in [5, 5.41) is 21.0. The maximum atomic E-state index is 12.2. The van der Waals surface area contributed by atoms with Gasteiger partial charge < -0.3 is 21.1 Å². The highest BCUT2D eigenvalue weighted by molar-refractivity contribution is 5.89. The van der Waals surface area contributed by atoms with Gasteiger partial charge in [0.05, 0.1) is 5.69 Å². The van der Waals surface area contributed by atoms with Crippen LogP contribution in [0.1, 0.15) is 0 Å². The van der Waals surface area contributed by atoms with Gasteiger partial charge >= 0.3 is 18.4 Å². The molecule has 0 aliphatic carbocycles. The quantitative estimate of drug-likeness (QED) is 0.586. The number of nitrogens with one attached hydrogen (secondary N) is 2. The number of carbonyl (C=O) groups excluding carboxylic acids is 1. The predicted octanol–water partition coefficient (Wildman–Crippen LogP) is 2.99. The van der Waals surface area contributed by atoms with Crippen LogP contribution in [0.4, 0.5) is 42.5 Å². The summed E-state index contributed by atoms with van der Waals surface area (Å²) in [5.41, 5.74) is -0.444. The highest BCUT2D eigenvalue weighted by Crippen LogP contribution is 2.33. The van der Waals surface area contributed by atoms with Gasteiger partial charge in [-0.1, -0.05) is 0 Å². The van der Waals surface area contributed by atoms with E-state index in [9.17, 15) is 36.3 Å². The van der Waals surface area contributed by atoms with Crippen LogP contribution >= 0.6 is 0 Å². The molecular weight excluding hydrogens is 324 g/mol. The second kappa shape index (κ2) is 6.27. The summed E-state index contributed by atoms with van der Waals surface area (Å²) >= 11 is 0. The Morgan fingerprint density at radius 3 is 1.91 bits per heavy atom. The molecule has 0 aliphatic heterocycles. The molecule has 0 saturated heterocycles. The molecule has 0 heterocycles. The van der Waals surface area contributed by atoms with E-state index in [1.807, 2.05) is 0 Å². The Balaban J connectivity index is 2.76. The van der Waals surface area contributed by atoms with E-state index in [4.69, 9.17) is 5.21 Å². The molecule has 6 nitrogen and oxygen atoms in total. The van der Waals surface area contributed by atoms with Crippen molar-refractivity contribution in [3.63, 3.8) is 0 Å². The Morgan fingerprint density at radius 1 is 1.09 bits per heavy atom. The molecule has 0 bridgehead atoms. The summed E-state index contributed by atoms with van der Waals surface area (Å²) < 4.78 is 73.4. The van der Waals surface area contributed by atoms with Crippen molar-refractivity contribution in [2.45, 2.75) is 18.4 Å². The minimum absolute atomic E-state index is 0.189. The number of alkyl halides is 6. The number of amides is 2. The molecule has 0 spiro atoms. The van der Waals surface area contributed by atoms with E-state index in [0.717, 1.165) is 29.6 Å². The summed E-state index contributed by atoms with van der Waals surface area (Å²) in [6.07, 6.45) is -11.4. The summed E-state index contributed by atoms with van der Waals surface area (Å²) in [7, 11) is 0. The molecular formula is C10H8F6N3O3-. The van der Waals surface area contributed by atoms with E-state index in [0.29, 0.717) is 0 Å². The van der Waals surface area contributed by atoms with Gasteiger partial charge in [0.1, 0.15) is 0 Å². The number of carbonyl (C=O) groups is 1. The third-order valence-corrected chi connectivity index (χ3v) is 2.28. The second-order valence-corrected chi connectivity index (χ2v) is 3.93. The van der Waals surface area contributed by atoms with Crippen molar-refractivity contribution in [2.75, 3.05) is 10.5 Å². The molecule has 0 atom stereocenters. The zero-order valence-corrected chi connectivity index (χ0v) is 10.4. The van der Waals surface area contributed by atoms with Crippen molar-refractivity contribution in [3.05, 3.63) is 29.5 Å². The van der Waals surface area contributed by atoms with Gasteiger partial charge in [-0.05, 0) is 24.3 Å². The number of benzene rings is 1. The van der Waals surface area contributed by atoms with E-state index in [2.05, 4.69) is 0 Å². The monoisotopic (exact) mass is 332 g/mol. The minimum atomic E-state index is -5.71. The third-order valence-electron chi connectivity index (χ3n) is 2.28. The van der Waals surface area contributed by atoms with Crippen LogP contribution in [0.25, 0.3) is 0 Å². The van der Waals surface area contributed by atoms with Gasteiger partial charge in [0, 0.05) is 5.69 Å². The van der Waals surface area contributed by atoms with Crippen molar-refractivity contribution in [1.29, 1.82) is 0 Å². The van der Waals surface area contributed by atoms with Crippen LogP contribution in [0.3, 0.4) is 0 Å². The molecule has 0 aromatic heterocycles. The SMILES string of the molecule is O=C(Nc1ccc(N([O-])O)cc1)NC(C(F)(F)F)C(F)(F)F. The van der Waals surface area contributed by atoms with Gasteiger partial charge in [-0.25, -0.2) is 4.79 Å². The Labute approximate surface area is 118 Å². The lowest BCUT2D eigenvalue weighted by molar-refractivity contribution is -0.255. The number of urea groups is 1. The topological polar surface area (TPSA) is 87.7 Å². The second-order valence-electron chi connectivity index (χ2n) is 3.93. The molecule has 0 aliphatic rings. The van der Waals surface area contributed by atoms with Gasteiger partial charge in [0.2, 0.25) is 6.04 Å². The normalized spacial score (nSPS) is 12.2. The highest BCUT2D eigenvalue weighted by atomic mass is 19.4. The first-order valence-corrected chi connectivity index (χ1v) is 5.38. The molecule has 0 fully saturated rings. The molecule has 3 N–H and O–H groups in total. The minimum Gasteiger partial charge on any atom is -0.733 e. The average molecular weight is 332 g/mol. The summed E-state index contributed by atoms with van der Waals surface area (Å²) in [6.45, 7) is 0. The Hall–Kier alpha value is -2.21. The molecule has 22 heavy (non-hydrogen) atoms. The van der Waals surface area contributed by atoms with Gasteiger partial charge in [0.25, 0.3) is 0 Å². The van der Waals surface area contributed by atoms with E-state index in [-0.39, 0.29) is 11.4 Å². The lowest BCUT2D eigenvalue weighted by Gasteiger charge is -2.24. The lowest BCUT2D eigenvalue weighted by atomic mass is 10.2. The van der Waals surface area contributed by atoms with Crippen LogP contribution in [0.5, 0.6) is 0 Å². The maximum Gasteiger partial charge on any atom is 0.417 e. The molecule has 1 aromatic carbocycles. The lowest BCUT2D eigenvalue weighted by Crippen LogP contribution is -2.55. The number of rotatable bonds is 3. The zero-order valence-electron chi connectivity index (χ0n) is 10.4. The van der Waals surface area contributed by atoms with E-state index < -0.39 is 29.7 Å². The molecule has 0 radical (unpaired) electrons. The fourth-order valence-electron chi connectivity index (χ4n) is 1.32. The molecule has 12 heteroatoms. The van der Waals surface area contributed by atoms with Crippen molar-refractivity contribution in [3.8, 4) is 0 Å². The van der Waals surface area contributed by atoms with Gasteiger partial charge in [-0.3, -0.25) is 5.21 Å². The number of anilines is 2. The van der Waals surface area contributed by atoms with Crippen LogP contribution in [0, 0.1) is 5.21 Å². The predicted molar refractivity (Wildman–Crippen MR) is 62.1 cm³/mol. The summed E-state index contributed by atoms with van der Waals surface area (Å²) in [4.78, 5) is 11.2. The van der Waals surface area contributed by atoms with Crippen LogP contribution in [-0.4, -0.2) is 29.6 Å². The fraction of sp³-hybridized carbons (Fsp3) is 0.300. The highest BCUT2D eigenvalue weighted by Gasteiger charge is 2.57. The molecule has 0 unspecified atom stereocenters. The molecule has 2 amide bonds. The Bertz CT molecular complexity index is 500. The first-order valence-electron chi connectivity index (χ1n) is 5.38. The van der Waals surface area contributed by atoms with E-state index in [1.54, 1.807) is 5.32 Å². The smallest absolute Gasteiger partial charge is 0.417 e. The van der Waals surface area contributed by atoms with Crippen molar-refractivity contribution < 1.29 is 36.3 Å². The maximum absolute atomic E-state index is 12.2. The number of halogens is 6. The van der Waals surface area contributed by atoms with Crippen LogP contribution in [0.15, 0.2) is 24.3 Å². The first-order chi connectivity index (χ1) is 9.91. The summed E-state index contributed by atoms with van der Waals surface area (Å²) in [5.74, 6) is 0. The summed E-state index contributed by atoms with van der Waals surface area (Å²) in [6, 6.07) is -1.82. The molecule has 124 valence electrons. The Morgan fingerprint density at radius 2 is 1.55 bits per heavy atom. The van der Waals surface area contributed by atoms with Gasteiger partial charge in [0.15, 0.2) is 0 Å². The zero-order chi connectivity index (χ0) is 17.1. The molecule has 1 rings (SSSR count). The van der Waals surface area contributed by atoms with Crippen LogP contribution < -0.4 is 15.9 Å². The number of nitrogens with zero attached hydrogens (tertiary/aromatic N) is 1. The van der Waals surface area contributed by atoms with Crippen molar-refractivity contribution in [2.24, 2.45) is 0 Å². The first kappa shape index (κ1) is 17.8. The number of hydrogen-bond acceptors (Lipinski definition) is 4. The average Bonchev–Trinajstić information content (AvgIpc) is 2.34. The Kier molecular flexibility index (Phi) is 5.09. The van der Waals surface area contributed by atoms with E-state index in [1.165, 1.54) is 0 Å². The van der Waals surface area contributed by atoms with Gasteiger partial charge in [-0.15, -0.1) is 0 Å². The van der Waals surface area contributed by atoms with Gasteiger partial charge in [-0.2, -0.15) is 26.3 Å².